The van der Waals surface area contributed by atoms with E-state index in [2.05, 4.69) is 22.1 Å². The number of nitrogens with one attached hydrogen (secondary N) is 1. The molecule has 0 radical (unpaired) electrons. The van der Waals surface area contributed by atoms with Crippen molar-refractivity contribution >= 4 is 29.0 Å². The number of rotatable bonds is 6. The lowest BCUT2D eigenvalue weighted by atomic mass is 9.96. The van der Waals surface area contributed by atoms with E-state index >= 15 is 0 Å². The minimum absolute atomic E-state index is 0.0724. The van der Waals surface area contributed by atoms with Crippen molar-refractivity contribution in [1.29, 1.82) is 0 Å². The summed E-state index contributed by atoms with van der Waals surface area (Å²) in [6.45, 7) is 1.19. The second-order valence-corrected chi connectivity index (χ2v) is 7.18. The molecule has 1 amide bonds. The number of hydrogen-bond acceptors (Lipinski definition) is 4. The summed E-state index contributed by atoms with van der Waals surface area (Å²) in [5, 5.41) is 7.29. The summed E-state index contributed by atoms with van der Waals surface area (Å²) < 4.78 is 5.67. The molecule has 0 bridgehead atoms. The molecule has 1 aliphatic rings. The number of carbonyl (C=O) groups excluding carboxylic acids is 1. The Bertz CT molecular complexity index is 613. The van der Waals surface area contributed by atoms with E-state index in [0.29, 0.717) is 13.2 Å². The van der Waals surface area contributed by atoms with Gasteiger partial charge in [-0.2, -0.15) is 23.1 Å². The molecule has 3 rings (SSSR count). The molecule has 1 aliphatic heterocycles. The molecule has 2 heterocycles. The van der Waals surface area contributed by atoms with E-state index in [1.165, 1.54) is 5.56 Å². The minimum Gasteiger partial charge on any atom is -0.492 e. The Morgan fingerprint density at radius 2 is 2.27 bits per heavy atom. The summed E-state index contributed by atoms with van der Waals surface area (Å²) in [4.78, 5) is 12.2. The van der Waals surface area contributed by atoms with Crippen LogP contribution in [0.5, 0.6) is 5.75 Å². The van der Waals surface area contributed by atoms with Crippen LogP contribution >= 0.6 is 23.1 Å². The van der Waals surface area contributed by atoms with E-state index in [0.717, 1.165) is 29.2 Å². The molecule has 0 fully saturated rings. The molecule has 3 nitrogen and oxygen atoms in total. The second-order valence-electron chi connectivity index (χ2n) is 5.29. The Hall–Kier alpha value is -1.46. The van der Waals surface area contributed by atoms with Crippen LogP contribution in [0, 0.1) is 5.92 Å². The van der Waals surface area contributed by atoms with E-state index in [-0.39, 0.29) is 11.8 Å². The molecule has 0 saturated carbocycles. The molecule has 1 atom stereocenters. The Kier molecular flexibility index (Phi) is 5.40. The third-order valence-corrected chi connectivity index (χ3v) is 5.41. The lowest BCUT2D eigenvalue weighted by Crippen LogP contribution is -2.38. The Morgan fingerprint density at radius 3 is 3.14 bits per heavy atom. The zero-order valence-electron chi connectivity index (χ0n) is 12.3. The zero-order chi connectivity index (χ0) is 15.2. The molecule has 1 aromatic heterocycles. The lowest BCUT2D eigenvalue weighted by molar-refractivity contribution is -0.126. The maximum Gasteiger partial charge on any atom is 0.226 e. The number of carbonyl (C=O) groups is 1. The van der Waals surface area contributed by atoms with Crippen molar-refractivity contribution in [3.8, 4) is 5.75 Å². The van der Waals surface area contributed by atoms with Gasteiger partial charge >= 0.3 is 0 Å². The number of fused-ring (bicyclic) bond motifs is 1. The van der Waals surface area contributed by atoms with Crippen LogP contribution in [-0.4, -0.2) is 24.8 Å². The topological polar surface area (TPSA) is 38.3 Å². The summed E-state index contributed by atoms with van der Waals surface area (Å²) in [7, 11) is 0. The number of thiophene rings is 1. The van der Waals surface area contributed by atoms with Gasteiger partial charge in [0, 0.05) is 18.1 Å². The van der Waals surface area contributed by atoms with E-state index in [1.54, 1.807) is 11.3 Å². The Labute approximate surface area is 139 Å². The first-order valence-corrected chi connectivity index (χ1v) is 9.50. The number of para-hydroxylation sites is 1. The SMILES string of the molecule is O=C(NCCSCc1ccsc1)C1COc2ccccc2C1. The molecular weight excluding hydrogens is 314 g/mol. The molecule has 1 unspecified atom stereocenters. The molecule has 0 aliphatic carbocycles. The van der Waals surface area contributed by atoms with Gasteiger partial charge in [-0.05, 0) is 40.4 Å². The quantitative estimate of drug-likeness (QED) is 0.824. The first-order valence-electron chi connectivity index (χ1n) is 7.40. The average Bonchev–Trinajstić information content (AvgIpc) is 3.07. The van der Waals surface area contributed by atoms with Gasteiger partial charge in [-0.25, -0.2) is 0 Å². The molecule has 1 aromatic carbocycles. The van der Waals surface area contributed by atoms with Crippen LogP contribution in [0.1, 0.15) is 11.1 Å². The number of ether oxygens (including phenoxy) is 1. The maximum atomic E-state index is 12.2. The number of hydrogen-bond donors (Lipinski definition) is 1. The normalized spacial score (nSPS) is 16.6. The van der Waals surface area contributed by atoms with Crippen LogP contribution in [0.4, 0.5) is 0 Å². The average molecular weight is 333 g/mol. The van der Waals surface area contributed by atoms with E-state index < -0.39 is 0 Å². The summed E-state index contributed by atoms with van der Waals surface area (Å²) in [6, 6.07) is 10.1. The number of amides is 1. The highest BCUT2D eigenvalue weighted by Gasteiger charge is 2.25. The predicted octanol–water partition coefficient (Wildman–Crippen LogP) is 3.35. The van der Waals surface area contributed by atoms with Gasteiger partial charge in [-0.15, -0.1) is 0 Å². The van der Waals surface area contributed by atoms with Crippen LogP contribution in [0.3, 0.4) is 0 Å². The first-order chi connectivity index (χ1) is 10.8. The monoisotopic (exact) mass is 333 g/mol. The van der Waals surface area contributed by atoms with Crippen LogP contribution < -0.4 is 10.1 Å². The van der Waals surface area contributed by atoms with Crippen LogP contribution in [0.25, 0.3) is 0 Å². The molecule has 0 spiro atoms. The van der Waals surface area contributed by atoms with Crippen molar-refractivity contribution in [2.45, 2.75) is 12.2 Å². The fourth-order valence-corrected chi connectivity index (χ4v) is 4.03. The summed E-state index contributed by atoms with van der Waals surface area (Å²) in [5.41, 5.74) is 2.49. The van der Waals surface area contributed by atoms with Crippen LogP contribution in [0.15, 0.2) is 41.1 Å². The van der Waals surface area contributed by atoms with Crippen molar-refractivity contribution < 1.29 is 9.53 Å². The van der Waals surface area contributed by atoms with Crippen molar-refractivity contribution in [3.63, 3.8) is 0 Å². The Balaban J connectivity index is 1.38. The number of thioether (sulfide) groups is 1. The van der Waals surface area contributed by atoms with Gasteiger partial charge in [-0.3, -0.25) is 4.79 Å². The Morgan fingerprint density at radius 1 is 1.36 bits per heavy atom. The van der Waals surface area contributed by atoms with E-state index in [4.69, 9.17) is 4.74 Å². The molecule has 0 saturated heterocycles. The van der Waals surface area contributed by atoms with Gasteiger partial charge in [0.2, 0.25) is 5.91 Å². The van der Waals surface area contributed by atoms with Gasteiger partial charge in [-0.1, -0.05) is 18.2 Å². The summed E-state index contributed by atoms with van der Waals surface area (Å²) >= 11 is 3.57. The second kappa shape index (κ2) is 7.70. The largest absolute Gasteiger partial charge is 0.492 e. The van der Waals surface area contributed by atoms with Gasteiger partial charge in [0.15, 0.2) is 0 Å². The minimum atomic E-state index is -0.0724. The highest BCUT2D eigenvalue weighted by Crippen LogP contribution is 2.26. The fraction of sp³-hybridized carbons (Fsp3) is 0.353. The van der Waals surface area contributed by atoms with Gasteiger partial charge in [0.25, 0.3) is 0 Å². The van der Waals surface area contributed by atoms with Gasteiger partial charge in [0.1, 0.15) is 12.4 Å². The van der Waals surface area contributed by atoms with Crippen LogP contribution in [-0.2, 0) is 17.0 Å². The highest BCUT2D eigenvalue weighted by atomic mass is 32.2. The predicted molar refractivity (Wildman–Crippen MR) is 92.6 cm³/mol. The summed E-state index contributed by atoms with van der Waals surface area (Å²) in [6.07, 6.45) is 0.768. The zero-order valence-corrected chi connectivity index (χ0v) is 13.9. The third kappa shape index (κ3) is 4.05. The van der Waals surface area contributed by atoms with E-state index in [9.17, 15) is 4.79 Å². The first kappa shape index (κ1) is 15.4. The molecule has 1 N–H and O–H groups in total. The van der Waals surface area contributed by atoms with Crippen molar-refractivity contribution in [2.75, 3.05) is 18.9 Å². The third-order valence-electron chi connectivity index (χ3n) is 3.64. The molecule has 22 heavy (non-hydrogen) atoms. The van der Waals surface area contributed by atoms with Crippen LogP contribution in [0.2, 0.25) is 0 Å². The van der Waals surface area contributed by atoms with E-state index in [1.807, 2.05) is 36.0 Å². The molecule has 116 valence electrons. The molecule has 2 aromatic rings. The standard InChI is InChI=1S/C17H19NO2S2/c19-17(18-6-8-22-12-13-5-7-21-11-13)15-9-14-3-1-2-4-16(14)20-10-15/h1-5,7,11,15H,6,8-10,12H2,(H,18,19). The molecule has 5 heteroatoms. The maximum absolute atomic E-state index is 12.2. The van der Waals surface area contributed by atoms with Crippen molar-refractivity contribution in [3.05, 3.63) is 52.2 Å². The summed E-state index contributed by atoms with van der Waals surface area (Å²) in [5.74, 6) is 2.89. The lowest BCUT2D eigenvalue weighted by Gasteiger charge is -2.24. The van der Waals surface area contributed by atoms with Gasteiger partial charge < -0.3 is 10.1 Å². The van der Waals surface area contributed by atoms with Gasteiger partial charge in [0.05, 0.1) is 5.92 Å². The number of benzene rings is 1. The fourth-order valence-electron chi connectivity index (χ4n) is 2.45. The highest BCUT2D eigenvalue weighted by molar-refractivity contribution is 7.98. The van der Waals surface area contributed by atoms with Crippen molar-refractivity contribution in [1.82, 2.24) is 5.32 Å². The van der Waals surface area contributed by atoms with Crippen molar-refractivity contribution in [2.24, 2.45) is 5.92 Å². The smallest absolute Gasteiger partial charge is 0.226 e. The molecular formula is C17H19NO2S2.